The van der Waals surface area contributed by atoms with E-state index in [0.717, 1.165) is 37.2 Å². The minimum atomic E-state index is -0.00526. The van der Waals surface area contributed by atoms with Crippen molar-refractivity contribution in [3.8, 4) is 0 Å². The summed E-state index contributed by atoms with van der Waals surface area (Å²) in [6.07, 6.45) is 1.99. The van der Waals surface area contributed by atoms with Crippen molar-refractivity contribution in [1.29, 1.82) is 0 Å². The molecule has 92 valence electrons. The average Bonchev–Trinajstić information content (AvgIpc) is 2.40. The van der Waals surface area contributed by atoms with Crippen molar-refractivity contribution in [3.63, 3.8) is 0 Å². The number of rotatable bonds is 3. The predicted molar refractivity (Wildman–Crippen MR) is 66.6 cm³/mol. The second-order valence-corrected chi connectivity index (χ2v) is 4.39. The highest BCUT2D eigenvalue weighted by Crippen LogP contribution is 2.15. The van der Waals surface area contributed by atoms with Crippen molar-refractivity contribution in [1.82, 2.24) is 5.32 Å². The second-order valence-electron chi connectivity index (χ2n) is 4.39. The van der Waals surface area contributed by atoms with Gasteiger partial charge in [0.2, 0.25) is 5.91 Å². The Morgan fingerprint density at radius 3 is 3.12 bits per heavy atom. The maximum Gasteiger partial charge on any atom is 0.228 e. The minimum Gasteiger partial charge on any atom is -0.392 e. The van der Waals surface area contributed by atoms with Crippen molar-refractivity contribution in [2.24, 2.45) is 5.92 Å². The maximum atomic E-state index is 12.0. The molecule has 0 spiro atoms. The molecular weight excluding hydrogens is 216 g/mol. The summed E-state index contributed by atoms with van der Waals surface area (Å²) < 4.78 is 0. The fraction of sp³-hybridized carbons (Fsp3) is 0.462. The number of aliphatic hydroxyl groups is 1. The highest BCUT2D eigenvalue weighted by molar-refractivity contribution is 5.92. The number of hydrogen-bond acceptors (Lipinski definition) is 3. The highest BCUT2D eigenvalue weighted by Gasteiger charge is 2.20. The summed E-state index contributed by atoms with van der Waals surface area (Å²) in [6.45, 7) is 1.75. The van der Waals surface area contributed by atoms with E-state index in [1.54, 1.807) is 6.07 Å². The summed E-state index contributed by atoms with van der Waals surface area (Å²) in [5.74, 6) is 0.119. The Morgan fingerprint density at radius 1 is 1.53 bits per heavy atom. The molecule has 1 aliphatic heterocycles. The summed E-state index contributed by atoms with van der Waals surface area (Å²) in [5, 5.41) is 15.1. The molecule has 0 bridgehead atoms. The minimum absolute atomic E-state index is 0.00526. The lowest BCUT2D eigenvalue weighted by molar-refractivity contribution is -0.120. The van der Waals surface area contributed by atoms with E-state index in [-0.39, 0.29) is 18.4 Å². The van der Waals surface area contributed by atoms with E-state index in [2.05, 4.69) is 10.6 Å². The first kappa shape index (κ1) is 12.1. The van der Waals surface area contributed by atoms with Gasteiger partial charge in [-0.2, -0.15) is 0 Å². The Morgan fingerprint density at radius 2 is 2.41 bits per heavy atom. The number of aliphatic hydroxyl groups excluding tert-OH is 1. The first-order valence-corrected chi connectivity index (χ1v) is 6.01. The van der Waals surface area contributed by atoms with Gasteiger partial charge in [-0.3, -0.25) is 4.79 Å². The van der Waals surface area contributed by atoms with Crippen LogP contribution in [0, 0.1) is 5.92 Å². The van der Waals surface area contributed by atoms with Crippen molar-refractivity contribution in [2.45, 2.75) is 19.4 Å². The lowest BCUT2D eigenvalue weighted by atomic mass is 9.99. The van der Waals surface area contributed by atoms with Gasteiger partial charge >= 0.3 is 0 Å². The van der Waals surface area contributed by atoms with Gasteiger partial charge in [0.1, 0.15) is 0 Å². The zero-order chi connectivity index (χ0) is 12.1. The molecule has 1 aromatic carbocycles. The van der Waals surface area contributed by atoms with Gasteiger partial charge in [0.25, 0.3) is 0 Å². The molecule has 1 fully saturated rings. The normalized spacial score (nSPS) is 19.9. The Balaban J connectivity index is 1.96. The molecule has 0 aliphatic carbocycles. The van der Waals surface area contributed by atoms with Crippen LogP contribution in [0.15, 0.2) is 24.3 Å². The number of amides is 1. The summed E-state index contributed by atoms with van der Waals surface area (Å²) in [5.41, 5.74) is 1.57. The van der Waals surface area contributed by atoms with Crippen LogP contribution >= 0.6 is 0 Å². The molecule has 0 aromatic heterocycles. The molecule has 1 atom stereocenters. The quantitative estimate of drug-likeness (QED) is 0.734. The molecule has 3 N–H and O–H groups in total. The summed E-state index contributed by atoms with van der Waals surface area (Å²) in [4.78, 5) is 12.0. The molecule has 1 heterocycles. The van der Waals surface area contributed by atoms with Gasteiger partial charge in [-0.05, 0) is 37.1 Å². The molecule has 0 saturated carbocycles. The average molecular weight is 234 g/mol. The Kier molecular flexibility index (Phi) is 4.12. The zero-order valence-corrected chi connectivity index (χ0v) is 9.78. The summed E-state index contributed by atoms with van der Waals surface area (Å²) >= 11 is 0. The number of nitrogens with one attached hydrogen (secondary N) is 2. The van der Waals surface area contributed by atoms with E-state index < -0.39 is 0 Å². The molecule has 1 aliphatic rings. The number of carbonyl (C=O) groups is 1. The smallest absolute Gasteiger partial charge is 0.228 e. The number of carbonyl (C=O) groups excluding carboxylic acids is 1. The van der Waals surface area contributed by atoms with E-state index in [1.165, 1.54) is 0 Å². The Hall–Kier alpha value is -1.39. The van der Waals surface area contributed by atoms with Crippen molar-refractivity contribution >= 4 is 11.6 Å². The second kappa shape index (κ2) is 5.80. The summed E-state index contributed by atoms with van der Waals surface area (Å²) in [6, 6.07) is 7.31. The van der Waals surface area contributed by atoms with Gasteiger partial charge in [0, 0.05) is 12.2 Å². The number of piperidine rings is 1. The molecule has 1 aromatic rings. The van der Waals surface area contributed by atoms with Crippen LogP contribution in [0.25, 0.3) is 0 Å². The third-order valence-electron chi connectivity index (χ3n) is 3.04. The van der Waals surface area contributed by atoms with Crippen LogP contribution in [-0.4, -0.2) is 24.1 Å². The largest absolute Gasteiger partial charge is 0.392 e. The SMILES string of the molecule is O=C(Nc1cccc(CO)c1)[C@@H]1CCCNC1. The molecule has 4 heteroatoms. The van der Waals surface area contributed by atoms with Crippen molar-refractivity contribution in [3.05, 3.63) is 29.8 Å². The number of benzene rings is 1. The van der Waals surface area contributed by atoms with Crippen LogP contribution in [0.4, 0.5) is 5.69 Å². The molecule has 0 unspecified atom stereocenters. The first-order valence-electron chi connectivity index (χ1n) is 6.01. The molecule has 17 heavy (non-hydrogen) atoms. The van der Waals surface area contributed by atoms with Gasteiger partial charge in [0.05, 0.1) is 12.5 Å². The van der Waals surface area contributed by atoms with Gasteiger partial charge in [-0.15, -0.1) is 0 Å². The zero-order valence-electron chi connectivity index (χ0n) is 9.78. The van der Waals surface area contributed by atoms with Crippen molar-refractivity contribution < 1.29 is 9.90 Å². The first-order chi connectivity index (χ1) is 8.29. The standard InChI is InChI=1S/C13H18N2O2/c16-9-10-3-1-5-12(7-10)15-13(17)11-4-2-6-14-8-11/h1,3,5,7,11,14,16H,2,4,6,8-9H2,(H,15,17)/t11-/m1/s1. The lowest BCUT2D eigenvalue weighted by Gasteiger charge is -2.21. The number of hydrogen-bond donors (Lipinski definition) is 3. The highest BCUT2D eigenvalue weighted by atomic mass is 16.3. The van der Waals surface area contributed by atoms with Crippen molar-refractivity contribution in [2.75, 3.05) is 18.4 Å². The van der Waals surface area contributed by atoms with Gasteiger partial charge in [0.15, 0.2) is 0 Å². The molecule has 4 nitrogen and oxygen atoms in total. The van der Waals surface area contributed by atoms with Crippen LogP contribution in [0.2, 0.25) is 0 Å². The van der Waals surface area contributed by atoms with Gasteiger partial charge < -0.3 is 15.7 Å². The molecule has 1 saturated heterocycles. The molecule has 2 rings (SSSR count). The Bertz CT molecular complexity index is 387. The molecule has 0 radical (unpaired) electrons. The topological polar surface area (TPSA) is 61.4 Å². The summed E-state index contributed by atoms with van der Waals surface area (Å²) in [7, 11) is 0. The van der Waals surface area contributed by atoms with Crippen LogP contribution < -0.4 is 10.6 Å². The molecule has 1 amide bonds. The molecular formula is C13H18N2O2. The third-order valence-corrected chi connectivity index (χ3v) is 3.04. The van der Waals surface area contributed by atoms with Crippen LogP contribution in [0.1, 0.15) is 18.4 Å². The number of anilines is 1. The van der Waals surface area contributed by atoms with E-state index in [9.17, 15) is 4.79 Å². The van der Waals surface area contributed by atoms with Crippen LogP contribution in [-0.2, 0) is 11.4 Å². The lowest BCUT2D eigenvalue weighted by Crippen LogP contribution is -2.37. The van der Waals surface area contributed by atoms with E-state index in [1.807, 2.05) is 18.2 Å². The maximum absolute atomic E-state index is 12.0. The van der Waals surface area contributed by atoms with Crippen LogP contribution in [0.3, 0.4) is 0 Å². The monoisotopic (exact) mass is 234 g/mol. The van der Waals surface area contributed by atoms with E-state index in [0.29, 0.717) is 0 Å². The van der Waals surface area contributed by atoms with E-state index >= 15 is 0 Å². The third kappa shape index (κ3) is 3.28. The van der Waals surface area contributed by atoms with E-state index in [4.69, 9.17) is 5.11 Å². The fourth-order valence-corrected chi connectivity index (χ4v) is 2.07. The fourth-order valence-electron chi connectivity index (χ4n) is 2.07. The Labute approximate surface area is 101 Å². The van der Waals surface area contributed by atoms with Crippen LogP contribution in [0.5, 0.6) is 0 Å². The van der Waals surface area contributed by atoms with Gasteiger partial charge in [-0.1, -0.05) is 12.1 Å². The predicted octanol–water partition coefficient (Wildman–Crippen LogP) is 1.12. The van der Waals surface area contributed by atoms with Gasteiger partial charge in [-0.25, -0.2) is 0 Å².